The molecule has 0 saturated carbocycles. The lowest BCUT2D eigenvalue weighted by atomic mass is 9.96. The third-order valence-electron chi connectivity index (χ3n) is 10.5. The van der Waals surface area contributed by atoms with E-state index < -0.39 is 0 Å². The van der Waals surface area contributed by atoms with Crippen LogP contribution in [0, 0.1) is 0 Å². The Hall–Kier alpha value is -7.16. The summed E-state index contributed by atoms with van der Waals surface area (Å²) >= 11 is 0. The summed E-state index contributed by atoms with van der Waals surface area (Å²) in [5.74, 6) is 0. The Morgan fingerprint density at radius 2 is 0.796 bits per heavy atom. The van der Waals surface area contributed by atoms with Crippen LogP contribution in [0.2, 0.25) is 0 Å². The number of hydrogen-bond donors (Lipinski definition) is 0. The van der Waals surface area contributed by atoms with Gasteiger partial charge in [-0.05, 0) is 92.7 Å². The van der Waals surface area contributed by atoms with Crippen LogP contribution in [-0.2, 0) is 0 Å². The Kier molecular flexibility index (Phi) is 7.85. The Balaban J connectivity index is 1.16. The number of benzene rings is 9. The summed E-state index contributed by atoms with van der Waals surface area (Å²) in [4.78, 5) is 2.42. The lowest BCUT2D eigenvalue weighted by Gasteiger charge is -2.30. The minimum absolute atomic E-state index is 0.887. The van der Waals surface area contributed by atoms with E-state index in [0.717, 1.165) is 61.3 Å². The van der Waals surface area contributed by atoms with Gasteiger partial charge in [-0.1, -0.05) is 164 Å². The fraction of sp³-hybridized carbons (Fsp3) is 0. The summed E-state index contributed by atoms with van der Waals surface area (Å²) in [5.41, 5.74) is 14.4. The van der Waals surface area contributed by atoms with E-state index in [-0.39, 0.29) is 0 Å². The van der Waals surface area contributed by atoms with E-state index in [9.17, 15) is 0 Å². The largest absolute Gasteiger partial charge is 0.456 e. The average molecular weight is 690 g/mol. The van der Waals surface area contributed by atoms with Crippen LogP contribution in [0.5, 0.6) is 0 Å². The van der Waals surface area contributed by atoms with Crippen LogP contribution < -0.4 is 4.90 Å². The molecule has 0 N–H and O–H groups in total. The summed E-state index contributed by atoms with van der Waals surface area (Å²) in [7, 11) is 0. The normalized spacial score (nSPS) is 11.3. The predicted molar refractivity (Wildman–Crippen MR) is 228 cm³/mol. The van der Waals surface area contributed by atoms with Crippen molar-refractivity contribution in [2.75, 3.05) is 4.90 Å². The second-order valence-electron chi connectivity index (χ2n) is 13.7. The molecule has 0 aliphatic rings. The van der Waals surface area contributed by atoms with Crippen molar-refractivity contribution in [2.45, 2.75) is 0 Å². The molecule has 9 aromatic carbocycles. The molecule has 0 amide bonds. The fourth-order valence-corrected chi connectivity index (χ4v) is 7.79. The second kappa shape index (κ2) is 13.4. The zero-order valence-electron chi connectivity index (χ0n) is 29.6. The Labute approximate surface area is 314 Å². The Morgan fingerprint density at radius 1 is 0.296 bits per heavy atom. The molecule has 0 spiro atoms. The molecule has 254 valence electrons. The molecule has 0 saturated heterocycles. The summed E-state index contributed by atoms with van der Waals surface area (Å²) in [6.45, 7) is 0. The number of anilines is 3. The van der Waals surface area contributed by atoms with Gasteiger partial charge >= 0.3 is 0 Å². The molecule has 1 aromatic heterocycles. The Bertz CT molecular complexity index is 2920. The van der Waals surface area contributed by atoms with E-state index in [1.807, 2.05) is 0 Å². The highest BCUT2D eigenvalue weighted by Gasteiger charge is 2.21. The first-order valence-electron chi connectivity index (χ1n) is 18.4. The first-order valence-corrected chi connectivity index (χ1v) is 18.4. The van der Waals surface area contributed by atoms with Crippen LogP contribution in [0.1, 0.15) is 0 Å². The highest BCUT2D eigenvalue weighted by molar-refractivity contribution is 6.11. The van der Waals surface area contributed by atoms with Crippen LogP contribution in [0.4, 0.5) is 17.1 Å². The van der Waals surface area contributed by atoms with Crippen molar-refractivity contribution in [3.8, 4) is 44.5 Å². The summed E-state index contributed by atoms with van der Waals surface area (Å²) in [6.07, 6.45) is 0. The summed E-state index contributed by atoms with van der Waals surface area (Å²) in [5, 5.41) is 4.62. The maximum absolute atomic E-state index is 6.41. The van der Waals surface area contributed by atoms with Gasteiger partial charge in [0.1, 0.15) is 11.2 Å². The van der Waals surface area contributed by atoms with Gasteiger partial charge in [0.25, 0.3) is 0 Å². The SMILES string of the molecule is c1ccc(-c2ccc(-c3ccccc3N(c3cccc(-c4ccccc4)c3)c3ccccc3-c3ccc4oc5cc6ccccc6cc5c4c3)cc2)cc1. The van der Waals surface area contributed by atoms with Gasteiger partial charge in [-0.3, -0.25) is 0 Å². The van der Waals surface area contributed by atoms with Gasteiger partial charge in [0.05, 0.1) is 11.4 Å². The van der Waals surface area contributed by atoms with Crippen LogP contribution in [0.3, 0.4) is 0 Å². The molecule has 0 atom stereocenters. The zero-order valence-corrected chi connectivity index (χ0v) is 29.6. The van der Waals surface area contributed by atoms with Crippen LogP contribution >= 0.6 is 0 Å². The number of fused-ring (bicyclic) bond motifs is 4. The second-order valence-corrected chi connectivity index (χ2v) is 13.7. The zero-order chi connectivity index (χ0) is 35.8. The molecule has 1 heterocycles. The number of para-hydroxylation sites is 2. The molecule has 2 nitrogen and oxygen atoms in total. The van der Waals surface area contributed by atoms with Gasteiger partial charge in [-0.25, -0.2) is 0 Å². The number of hydrogen-bond acceptors (Lipinski definition) is 2. The van der Waals surface area contributed by atoms with E-state index in [2.05, 4.69) is 217 Å². The van der Waals surface area contributed by atoms with Gasteiger partial charge < -0.3 is 9.32 Å². The molecule has 10 aromatic rings. The van der Waals surface area contributed by atoms with Gasteiger partial charge in [-0.15, -0.1) is 0 Å². The number of furan rings is 1. The molecule has 0 radical (unpaired) electrons. The van der Waals surface area contributed by atoms with E-state index >= 15 is 0 Å². The monoisotopic (exact) mass is 689 g/mol. The van der Waals surface area contributed by atoms with Crippen molar-refractivity contribution in [2.24, 2.45) is 0 Å². The van der Waals surface area contributed by atoms with Gasteiger partial charge in [0, 0.05) is 27.6 Å². The molecule has 10 rings (SSSR count). The standard InChI is InChI=1S/C52H35NO/c1-3-14-36(15-4-1)38-26-28-39(29-27-38)45-22-9-11-24-49(45)53(44-21-13-20-40(32-44)37-16-5-2-6-17-37)50-25-12-10-23-46(50)43-30-31-51-47(34-43)48-33-41-18-7-8-19-42(41)35-52(48)54-51/h1-35H. The molecule has 0 unspecified atom stereocenters. The van der Waals surface area contributed by atoms with E-state index in [1.54, 1.807) is 0 Å². The predicted octanol–water partition coefficient (Wildman–Crippen LogP) is 14.9. The number of nitrogens with zero attached hydrogens (tertiary/aromatic N) is 1. The molecule has 0 aliphatic heterocycles. The lowest BCUT2D eigenvalue weighted by molar-refractivity contribution is 0.669. The maximum atomic E-state index is 6.41. The molecule has 54 heavy (non-hydrogen) atoms. The molecule has 0 fully saturated rings. The topological polar surface area (TPSA) is 16.4 Å². The van der Waals surface area contributed by atoms with E-state index in [0.29, 0.717) is 0 Å². The van der Waals surface area contributed by atoms with Crippen molar-refractivity contribution in [3.63, 3.8) is 0 Å². The molecule has 0 bridgehead atoms. The summed E-state index contributed by atoms with van der Waals surface area (Å²) in [6, 6.07) is 76.0. The lowest BCUT2D eigenvalue weighted by Crippen LogP contribution is -2.12. The van der Waals surface area contributed by atoms with Crippen molar-refractivity contribution in [3.05, 3.63) is 212 Å². The smallest absolute Gasteiger partial charge is 0.136 e. The van der Waals surface area contributed by atoms with Gasteiger partial charge in [0.2, 0.25) is 0 Å². The average Bonchev–Trinajstić information content (AvgIpc) is 3.60. The highest BCUT2D eigenvalue weighted by atomic mass is 16.3. The molecule has 0 aliphatic carbocycles. The van der Waals surface area contributed by atoms with Crippen molar-refractivity contribution < 1.29 is 4.42 Å². The van der Waals surface area contributed by atoms with Crippen molar-refractivity contribution >= 4 is 49.8 Å². The first-order chi connectivity index (χ1) is 26.8. The Morgan fingerprint density at radius 3 is 1.50 bits per heavy atom. The summed E-state index contributed by atoms with van der Waals surface area (Å²) < 4.78 is 6.41. The molecular formula is C52H35NO. The third-order valence-corrected chi connectivity index (χ3v) is 10.5. The van der Waals surface area contributed by atoms with Crippen LogP contribution in [0.15, 0.2) is 217 Å². The van der Waals surface area contributed by atoms with Gasteiger partial charge in [0.15, 0.2) is 0 Å². The molecular weight excluding hydrogens is 655 g/mol. The van der Waals surface area contributed by atoms with Gasteiger partial charge in [-0.2, -0.15) is 0 Å². The minimum atomic E-state index is 0.887. The maximum Gasteiger partial charge on any atom is 0.136 e. The van der Waals surface area contributed by atoms with E-state index in [1.165, 1.54) is 33.0 Å². The quantitative estimate of drug-likeness (QED) is 0.166. The van der Waals surface area contributed by atoms with Crippen molar-refractivity contribution in [1.29, 1.82) is 0 Å². The minimum Gasteiger partial charge on any atom is -0.456 e. The fourth-order valence-electron chi connectivity index (χ4n) is 7.79. The highest BCUT2D eigenvalue weighted by Crippen LogP contribution is 2.46. The number of rotatable bonds is 7. The molecule has 2 heteroatoms. The first kappa shape index (κ1) is 31.6. The van der Waals surface area contributed by atoms with Crippen molar-refractivity contribution in [1.82, 2.24) is 0 Å². The van der Waals surface area contributed by atoms with Crippen LogP contribution in [-0.4, -0.2) is 0 Å². The van der Waals surface area contributed by atoms with E-state index in [4.69, 9.17) is 4.42 Å². The third kappa shape index (κ3) is 5.71. The van der Waals surface area contributed by atoms with Crippen LogP contribution in [0.25, 0.3) is 77.2 Å².